The van der Waals surface area contributed by atoms with E-state index in [9.17, 15) is 4.39 Å². The maximum atomic E-state index is 12.6. The minimum atomic E-state index is -0.312. The lowest BCUT2D eigenvalue weighted by Crippen LogP contribution is -1.95. The first-order valence-electron chi connectivity index (χ1n) is 4.15. The molecule has 0 unspecified atom stereocenters. The van der Waals surface area contributed by atoms with Gasteiger partial charge in [-0.25, -0.2) is 4.39 Å². The van der Waals surface area contributed by atoms with Crippen molar-refractivity contribution < 1.29 is 4.39 Å². The molecule has 2 nitrogen and oxygen atoms in total. The summed E-state index contributed by atoms with van der Waals surface area (Å²) in [5.74, 6) is -0.312. The number of benzene rings is 1. The molecular formula is C10H13FN2. The lowest BCUT2D eigenvalue weighted by atomic mass is 10.1. The summed E-state index contributed by atoms with van der Waals surface area (Å²) in [7, 11) is 0. The molecule has 0 fully saturated rings. The van der Waals surface area contributed by atoms with Crippen molar-refractivity contribution in [3.63, 3.8) is 0 Å². The molecule has 0 heterocycles. The van der Waals surface area contributed by atoms with Crippen LogP contribution in [-0.4, -0.2) is 6.54 Å². The molecule has 0 saturated heterocycles. The van der Waals surface area contributed by atoms with Crippen LogP contribution in [0, 0.1) is 5.82 Å². The predicted octanol–water partition coefficient (Wildman–Crippen LogP) is 1.77. The van der Waals surface area contributed by atoms with Crippen molar-refractivity contribution in [2.75, 3.05) is 12.3 Å². The molecule has 0 saturated carbocycles. The summed E-state index contributed by atoms with van der Waals surface area (Å²) >= 11 is 0. The zero-order valence-corrected chi connectivity index (χ0v) is 7.33. The fourth-order valence-electron chi connectivity index (χ4n) is 1.00. The zero-order valence-electron chi connectivity index (χ0n) is 7.33. The summed E-state index contributed by atoms with van der Waals surface area (Å²) in [6.45, 7) is 0.609. The number of hydrogen-bond donors (Lipinski definition) is 2. The highest BCUT2D eigenvalue weighted by Gasteiger charge is 1.95. The van der Waals surface area contributed by atoms with Crippen molar-refractivity contribution in [3.8, 4) is 0 Å². The molecular weight excluding hydrogens is 167 g/mol. The summed E-state index contributed by atoms with van der Waals surface area (Å²) in [4.78, 5) is 0. The lowest BCUT2D eigenvalue weighted by Gasteiger charge is -1.99. The summed E-state index contributed by atoms with van der Waals surface area (Å²) in [5, 5.41) is 0. The largest absolute Gasteiger partial charge is 0.398 e. The van der Waals surface area contributed by atoms with Crippen LogP contribution in [0.1, 0.15) is 12.0 Å². The van der Waals surface area contributed by atoms with E-state index in [1.54, 1.807) is 6.07 Å². The normalized spacial score (nSPS) is 10.9. The summed E-state index contributed by atoms with van der Waals surface area (Å²) in [5.41, 5.74) is 12.2. The van der Waals surface area contributed by atoms with Gasteiger partial charge in [-0.2, -0.15) is 0 Å². The maximum absolute atomic E-state index is 12.6. The second-order valence-corrected chi connectivity index (χ2v) is 2.75. The molecule has 0 aliphatic heterocycles. The van der Waals surface area contributed by atoms with Gasteiger partial charge in [-0.1, -0.05) is 18.2 Å². The van der Waals surface area contributed by atoms with E-state index < -0.39 is 0 Å². The molecule has 0 aliphatic carbocycles. The highest BCUT2D eigenvalue weighted by atomic mass is 19.1. The first-order valence-corrected chi connectivity index (χ1v) is 4.15. The van der Waals surface area contributed by atoms with Gasteiger partial charge < -0.3 is 11.5 Å². The Morgan fingerprint density at radius 2 is 2.15 bits per heavy atom. The maximum Gasteiger partial charge on any atom is 0.125 e. The minimum Gasteiger partial charge on any atom is -0.398 e. The van der Waals surface area contributed by atoms with E-state index in [0.717, 1.165) is 12.0 Å². The topological polar surface area (TPSA) is 52.0 Å². The van der Waals surface area contributed by atoms with E-state index in [4.69, 9.17) is 11.5 Å². The number of rotatable bonds is 3. The van der Waals surface area contributed by atoms with E-state index >= 15 is 0 Å². The van der Waals surface area contributed by atoms with Crippen LogP contribution in [-0.2, 0) is 0 Å². The van der Waals surface area contributed by atoms with Gasteiger partial charge in [-0.3, -0.25) is 0 Å². The first kappa shape index (κ1) is 9.74. The van der Waals surface area contributed by atoms with Crippen LogP contribution in [0.5, 0.6) is 0 Å². The molecule has 0 aliphatic rings. The molecule has 4 N–H and O–H groups in total. The fourth-order valence-corrected chi connectivity index (χ4v) is 1.00. The number of halogens is 1. The van der Waals surface area contributed by atoms with Crippen molar-refractivity contribution >= 4 is 11.8 Å². The molecule has 13 heavy (non-hydrogen) atoms. The molecule has 0 atom stereocenters. The van der Waals surface area contributed by atoms with Crippen LogP contribution < -0.4 is 11.5 Å². The van der Waals surface area contributed by atoms with Gasteiger partial charge in [0.25, 0.3) is 0 Å². The average molecular weight is 180 g/mol. The number of nitrogen functional groups attached to an aromatic ring is 1. The second-order valence-electron chi connectivity index (χ2n) is 2.75. The minimum absolute atomic E-state index is 0.312. The van der Waals surface area contributed by atoms with Crippen LogP contribution in [0.2, 0.25) is 0 Å². The molecule has 1 aromatic carbocycles. The molecule has 0 amide bonds. The lowest BCUT2D eigenvalue weighted by molar-refractivity contribution is 0.628. The number of anilines is 1. The monoisotopic (exact) mass is 180 g/mol. The Morgan fingerprint density at radius 3 is 2.77 bits per heavy atom. The van der Waals surface area contributed by atoms with Gasteiger partial charge in [-0.15, -0.1) is 0 Å². The Balaban J connectivity index is 2.77. The SMILES string of the molecule is NCCC=Cc1ccc(F)cc1N. The highest BCUT2D eigenvalue weighted by Crippen LogP contribution is 2.14. The average Bonchev–Trinajstić information content (AvgIpc) is 2.09. The molecule has 3 heteroatoms. The third-order valence-corrected chi connectivity index (χ3v) is 1.68. The van der Waals surface area contributed by atoms with E-state index in [-0.39, 0.29) is 5.82 Å². The molecule has 1 aromatic rings. The Bertz CT molecular complexity index is 308. The summed E-state index contributed by atoms with van der Waals surface area (Å²) < 4.78 is 12.6. The van der Waals surface area contributed by atoms with Crippen LogP contribution >= 0.6 is 0 Å². The van der Waals surface area contributed by atoms with E-state index in [0.29, 0.717) is 12.2 Å². The molecule has 1 rings (SSSR count). The smallest absolute Gasteiger partial charge is 0.125 e. The third kappa shape index (κ3) is 2.87. The van der Waals surface area contributed by atoms with Gasteiger partial charge in [0, 0.05) is 5.69 Å². The zero-order chi connectivity index (χ0) is 9.68. The van der Waals surface area contributed by atoms with E-state index in [2.05, 4.69) is 0 Å². The van der Waals surface area contributed by atoms with Crippen LogP contribution in [0.4, 0.5) is 10.1 Å². The van der Waals surface area contributed by atoms with Crippen LogP contribution in [0.3, 0.4) is 0 Å². The van der Waals surface area contributed by atoms with Crippen LogP contribution in [0.25, 0.3) is 6.08 Å². The molecule has 0 aromatic heterocycles. The van der Waals surface area contributed by atoms with Crippen molar-refractivity contribution in [1.29, 1.82) is 0 Å². The molecule has 70 valence electrons. The number of hydrogen-bond acceptors (Lipinski definition) is 2. The van der Waals surface area contributed by atoms with Gasteiger partial charge in [0.15, 0.2) is 0 Å². The Morgan fingerprint density at radius 1 is 1.38 bits per heavy atom. The Kier molecular flexibility index (Phi) is 3.46. The highest BCUT2D eigenvalue weighted by molar-refractivity contribution is 5.64. The fraction of sp³-hybridized carbons (Fsp3) is 0.200. The van der Waals surface area contributed by atoms with Gasteiger partial charge in [0.1, 0.15) is 5.82 Å². The van der Waals surface area contributed by atoms with E-state index in [1.807, 2.05) is 12.2 Å². The Labute approximate surface area is 77.0 Å². The summed E-state index contributed by atoms with van der Waals surface area (Å²) in [6.07, 6.45) is 4.57. The van der Waals surface area contributed by atoms with Gasteiger partial charge in [0.2, 0.25) is 0 Å². The first-order chi connectivity index (χ1) is 6.24. The third-order valence-electron chi connectivity index (χ3n) is 1.68. The van der Waals surface area contributed by atoms with Crippen molar-refractivity contribution in [2.45, 2.75) is 6.42 Å². The molecule has 0 spiro atoms. The number of nitrogens with two attached hydrogens (primary N) is 2. The molecule has 0 bridgehead atoms. The van der Waals surface area contributed by atoms with Gasteiger partial charge in [-0.05, 0) is 30.7 Å². The van der Waals surface area contributed by atoms with Crippen molar-refractivity contribution in [2.24, 2.45) is 5.73 Å². The van der Waals surface area contributed by atoms with Gasteiger partial charge in [0.05, 0.1) is 0 Å². The van der Waals surface area contributed by atoms with E-state index in [1.165, 1.54) is 12.1 Å². The second kappa shape index (κ2) is 4.62. The standard InChI is InChI=1S/C10H13FN2/c11-9-5-4-8(10(13)7-9)3-1-2-6-12/h1,3-5,7H,2,6,12-13H2. The van der Waals surface area contributed by atoms with Crippen molar-refractivity contribution in [3.05, 3.63) is 35.7 Å². The Hall–Kier alpha value is -1.35. The van der Waals surface area contributed by atoms with Crippen molar-refractivity contribution in [1.82, 2.24) is 0 Å². The van der Waals surface area contributed by atoms with Gasteiger partial charge >= 0.3 is 0 Å². The molecule has 0 radical (unpaired) electrons. The quantitative estimate of drug-likeness (QED) is 0.696. The predicted molar refractivity (Wildman–Crippen MR) is 53.5 cm³/mol. The van der Waals surface area contributed by atoms with Crippen LogP contribution in [0.15, 0.2) is 24.3 Å². The summed E-state index contributed by atoms with van der Waals surface area (Å²) in [6, 6.07) is 4.35.